The molecule has 1 aliphatic carbocycles. The Morgan fingerprint density at radius 3 is 2.55 bits per heavy atom. The first-order chi connectivity index (χ1) is 15.9. The molecule has 0 aliphatic heterocycles. The summed E-state index contributed by atoms with van der Waals surface area (Å²) < 4.78 is 7.45. The van der Waals surface area contributed by atoms with E-state index in [0.717, 1.165) is 47.8 Å². The summed E-state index contributed by atoms with van der Waals surface area (Å²) in [6.45, 7) is 3.59. The number of methoxy groups -OCH3 is 1. The van der Waals surface area contributed by atoms with Gasteiger partial charge in [-0.2, -0.15) is 0 Å². The standard InChI is InChI=1S/C27H31N3O3/c1-17(28)26(18(2)31)23-14-20-13-22(19-9-5-4-6-10-19)27(32)30(24(20)15-25(23)33-3)16-21-11-7-8-12-29-21/h7-8,11-15,19,28,31H,4-6,9-10,16H2,1-3H3/b26-18+,28-17?. The molecule has 6 heteroatoms. The van der Waals surface area contributed by atoms with E-state index in [-0.39, 0.29) is 22.9 Å². The fourth-order valence-electron chi connectivity index (χ4n) is 4.98. The summed E-state index contributed by atoms with van der Waals surface area (Å²) in [5.74, 6) is 0.821. The van der Waals surface area contributed by atoms with Gasteiger partial charge in [-0.25, -0.2) is 0 Å². The van der Waals surface area contributed by atoms with Crippen molar-refractivity contribution in [2.75, 3.05) is 7.11 Å². The molecule has 0 amide bonds. The van der Waals surface area contributed by atoms with Crippen molar-refractivity contribution < 1.29 is 9.84 Å². The van der Waals surface area contributed by atoms with Crippen molar-refractivity contribution in [3.8, 4) is 5.75 Å². The molecule has 33 heavy (non-hydrogen) atoms. The summed E-state index contributed by atoms with van der Waals surface area (Å²) in [5.41, 5.74) is 3.77. The number of nitrogens with one attached hydrogen (secondary N) is 1. The molecule has 6 nitrogen and oxygen atoms in total. The minimum Gasteiger partial charge on any atom is -0.512 e. The number of allylic oxidation sites excluding steroid dienone is 2. The summed E-state index contributed by atoms with van der Waals surface area (Å²) in [5, 5.41) is 19.4. The lowest BCUT2D eigenvalue weighted by molar-refractivity contribution is 0.409. The summed E-state index contributed by atoms with van der Waals surface area (Å²) >= 11 is 0. The van der Waals surface area contributed by atoms with Gasteiger partial charge in [0.25, 0.3) is 5.56 Å². The number of fused-ring (bicyclic) bond motifs is 1. The highest BCUT2D eigenvalue weighted by molar-refractivity contribution is 6.22. The zero-order chi connectivity index (χ0) is 23.5. The van der Waals surface area contributed by atoms with Crippen molar-refractivity contribution in [1.29, 1.82) is 5.41 Å². The Morgan fingerprint density at radius 1 is 1.18 bits per heavy atom. The lowest BCUT2D eigenvalue weighted by Crippen LogP contribution is -2.27. The number of ether oxygens (including phenoxy) is 1. The summed E-state index contributed by atoms with van der Waals surface area (Å²) in [4.78, 5) is 18.2. The molecule has 1 aliphatic rings. The van der Waals surface area contributed by atoms with Gasteiger partial charge in [-0.1, -0.05) is 25.3 Å². The van der Waals surface area contributed by atoms with Gasteiger partial charge in [-0.3, -0.25) is 9.78 Å². The van der Waals surface area contributed by atoms with Crippen LogP contribution in [-0.4, -0.2) is 27.5 Å². The van der Waals surface area contributed by atoms with Crippen LogP contribution in [0.5, 0.6) is 5.75 Å². The minimum atomic E-state index is 0.0206. The lowest BCUT2D eigenvalue weighted by atomic mass is 9.84. The second-order valence-electron chi connectivity index (χ2n) is 8.84. The van der Waals surface area contributed by atoms with Crippen molar-refractivity contribution in [2.24, 2.45) is 0 Å². The van der Waals surface area contributed by atoms with Crippen LogP contribution >= 0.6 is 0 Å². The quantitative estimate of drug-likeness (QED) is 0.369. The molecule has 1 saturated carbocycles. The van der Waals surface area contributed by atoms with E-state index in [2.05, 4.69) is 4.98 Å². The predicted octanol–water partition coefficient (Wildman–Crippen LogP) is 5.83. The van der Waals surface area contributed by atoms with E-state index >= 15 is 0 Å². The molecule has 0 bridgehead atoms. The van der Waals surface area contributed by atoms with E-state index < -0.39 is 0 Å². The third-order valence-electron chi connectivity index (χ3n) is 6.54. The van der Waals surface area contributed by atoms with Gasteiger partial charge in [-0.05, 0) is 62.3 Å². The zero-order valence-electron chi connectivity index (χ0n) is 19.5. The van der Waals surface area contributed by atoms with Crippen LogP contribution in [0.25, 0.3) is 16.5 Å². The number of nitrogens with zero attached hydrogens (tertiary/aromatic N) is 2. The molecule has 0 unspecified atom stereocenters. The Hall–Kier alpha value is -3.41. The van der Waals surface area contributed by atoms with Gasteiger partial charge in [0.2, 0.25) is 0 Å². The minimum absolute atomic E-state index is 0.0206. The van der Waals surface area contributed by atoms with Gasteiger partial charge in [0.15, 0.2) is 0 Å². The van der Waals surface area contributed by atoms with Gasteiger partial charge < -0.3 is 19.8 Å². The van der Waals surface area contributed by atoms with Gasteiger partial charge in [0, 0.05) is 34.7 Å². The van der Waals surface area contributed by atoms with Crippen molar-refractivity contribution >= 4 is 22.2 Å². The number of aliphatic hydroxyl groups excluding tert-OH is 1. The molecule has 0 spiro atoms. The fraction of sp³-hybridized carbons (Fsp3) is 0.370. The van der Waals surface area contributed by atoms with Crippen LogP contribution in [0.2, 0.25) is 0 Å². The van der Waals surface area contributed by atoms with Crippen LogP contribution in [0.15, 0.2) is 53.1 Å². The average Bonchev–Trinajstić information content (AvgIpc) is 2.81. The van der Waals surface area contributed by atoms with Crippen LogP contribution in [-0.2, 0) is 6.54 Å². The Balaban J connectivity index is 2.00. The third-order valence-corrected chi connectivity index (χ3v) is 6.54. The Bertz CT molecular complexity index is 1270. The van der Waals surface area contributed by atoms with E-state index in [1.807, 2.05) is 36.4 Å². The highest BCUT2D eigenvalue weighted by Gasteiger charge is 2.23. The van der Waals surface area contributed by atoms with E-state index in [0.29, 0.717) is 23.4 Å². The van der Waals surface area contributed by atoms with Crippen molar-refractivity contribution in [3.63, 3.8) is 0 Å². The second-order valence-corrected chi connectivity index (χ2v) is 8.84. The molecule has 4 rings (SSSR count). The van der Waals surface area contributed by atoms with Gasteiger partial charge in [-0.15, -0.1) is 0 Å². The van der Waals surface area contributed by atoms with Crippen molar-refractivity contribution in [3.05, 3.63) is 75.5 Å². The monoisotopic (exact) mass is 445 g/mol. The highest BCUT2D eigenvalue weighted by atomic mass is 16.5. The number of aliphatic hydroxyl groups is 1. The second kappa shape index (κ2) is 9.61. The molecule has 1 fully saturated rings. The number of rotatable bonds is 6. The molecule has 3 aromatic rings. The summed E-state index contributed by atoms with van der Waals surface area (Å²) in [6, 6.07) is 11.5. The Morgan fingerprint density at radius 2 is 1.94 bits per heavy atom. The number of benzene rings is 1. The fourth-order valence-corrected chi connectivity index (χ4v) is 4.98. The molecule has 2 aromatic heterocycles. The summed E-state index contributed by atoms with van der Waals surface area (Å²) in [6.07, 6.45) is 7.28. The Labute approximate surface area is 194 Å². The van der Waals surface area contributed by atoms with Crippen LogP contribution in [0.4, 0.5) is 0 Å². The largest absolute Gasteiger partial charge is 0.512 e. The van der Waals surface area contributed by atoms with Crippen LogP contribution < -0.4 is 10.3 Å². The van der Waals surface area contributed by atoms with Gasteiger partial charge in [0.1, 0.15) is 5.75 Å². The maximum absolute atomic E-state index is 13.7. The van der Waals surface area contributed by atoms with Gasteiger partial charge >= 0.3 is 0 Å². The predicted molar refractivity (Wildman–Crippen MR) is 133 cm³/mol. The molecular weight excluding hydrogens is 414 g/mol. The van der Waals surface area contributed by atoms with Crippen LogP contribution in [0.3, 0.4) is 0 Å². The molecule has 0 radical (unpaired) electrons. The topological polar surface area (TPSA) is 88.2 Å². The van der Waals surface area contributed by atoms with E-state index in [1.54, 1.807) is 31.7 Å². The first-order valence-corrected chi connectivity index (χ1v) is 11.5. The van der Waals surface area contributed by atoms with Crippen LogP contribution in [0, 0.1) is 5.41 Å². The Kier molecular flexibility index (Phi) is 6.63. The highest BCUT2D eigenvalue weighted by Crippen LogP contribution is 2.36. The average molecular weight is 446 g/mol. The molecule has 0 atom stereocenters. The van der Waals surface area contributed by atoms with E-state index in [9.17, 15) is 9.90 Å². The van der Waals surface area contributed by atoms with Crippen molar-refractivity contribution in [2.45, 2.75) is 58.4 Å². The third kappa shape index (κ3) is 4.56. The van der Waals surface area contributed by atoms with Crippen LogP contribution in [0.1, 0.15) is 68.7 Å². The SMILES string of the molecule is COc1cc2c(cc1/C(C(C)=N)=C(\C)O)cc(C1CCCCC1)c(=O)n2Cc1ccccn1. The summed E-state index contributed by atoms with van der Waals surface area (Å²) in [7, 11) is 1.56. The molecular formula is C27H31N3O3. The normalized spacial score (nSPS) is 15.4. The van der Waals surface area contributed by atoms with Crippen molar-refractivity contribution in [1.82, 2.24) is 9.55 Å². The molecule has 2 heterocycles. The first-order valence-electron chi connectivity index (χ1n) is 11.5. The maximum atomic E-state index is 13.7. The molecule has 2 N–H and O–H groups in total. The first kappa shape index (κ1) is 22.8. The van der Waals surface area contributed by atoms with E-state index in [1.165, 1.54) is 6.42 Å². The maximum Gasteiger partial charge on any atom is 0.254 e. The lowest BCUT2D eigenvalue weighted by Gasteiger charge is -2.24. The molecule has 0 saturated heterocycles. The number of aromatic nitrogens is 2. The van der Waals surface area contributed by atoms with Gasteiger partial charge in [0.05, 0.1) is 30.6 Å². The smallest absolute Gasteiger partial charge is 0.254 e. The molecule has 1 aromatic carbocycles. The number of pyridine rings is 2. The number of hydrogen-bond acceptors (Lipinski definition) is 5. The van der Waals surface area contributed by atoms with E-state index in [4.69, 9.17) is 10.1 Å². The number of hydrogen-bond donors (Lipinski definition) is 2. The molecule has 172 valence electrons. The zero-order valence-corrected chi connectivity index (χ0v) is 19.5.